The molecule has 0 spiro atoms. The molecule has 1 atom stereocenters. The van der Waals surface area contributed by atoms with Crippen LogP contribution in [0.2, 0.25) is 0 Å². The van der Waals surface area contributed by atoms with Crippen LogP contribution >= 0.6 is 11.3 Å². The minimum absolute atomic E-state index is 0.00452. The highest BCUT2D eigenvalue weighted by molar-refractivity contribution is 7.15. The standard InChI is InChI=1S/C20H20N4O2S/c1-13-7-8-18(27-13)16-11-17(23-22-16)20(26)24-10-4-5-14(12-24)19(25)15-6-2-3-9-21-15/h2-3,6-9,11,14H,4-5,10,12H2,1H3,(H,22,23). The minimum Gasteiger partial charge on any atom is -0.337 e. The van der Waals surface area contributed by atoms with Crippen LogP contribution in [0.25, 0.3) is 10.6 Å². The summed E-state index contributed by atoms with van der Waals surface area (Å²) < 4.78 is 0. The number of aromatic nitrogens is 3. The van der Waals surface area contributed by atoms with E-state index < -0.39 is 0 Å². The molecule has 1 aliphatic rings. The molecule has 1 fully saturated rings. The van der Waals surface area contributed by atoms with Crippen molar-refractivity contribution in [2.24, 2.45) is 5.92 Å². The molecule has 3 aromatic rings. The van der Waals surface area contributed by atoms with Crippen molar-refractivity contribution < 1.29 is 9.59 Å². The van der Waals surface area contributed by atoms with Crippen LogP contribution in [0.3, 0.4) is 0 Å². The number of aromatic amines is 1. The van der Waals surface area contributed by atoms with Crippen LogP contribution in [0.15, 0.2) is 42.6 Å². The summed E-state index contributed by atoms with van der Waals surface area (Å²) in [5.74, 6) is -0.342. The molecule has 7 heteroatoms. The Balaban J connectivity index is 1.47. The maximum atomic E-state index is 12.9. The van der Waals surface area contributed by atoms with E-state index in [2.05, 4.69) is 15.2 Å². The van der Waals surface area contributed by atoms with Gasteiger partial charge in [0.25, 0.3) is 5.91 Å². The van der Waals surface area contributed by atoms with Crippen LogP contribution in [0.4, 0.5) is 0 Å². The van der Waals surface area contributed by atoms with Crippen molar-refractivity contribution in [1.82, 2.24) is 20.1 Å². The van der Waals surface area contributed by atoms with Gasteiger partial charge in [-0.3, -0.25) is 19.7 Å². The summed E-state index contributed by atoms with van der Waals surface area (Å²) in [6.07, 6.45) is 3.20. The number of rotatable bonds is 4. The molecule has 6 nitrogen and oxygen atoms in total. The van der Waals surface area contributed by atoms with Gasteiger partial charge in [-0.05, 0) is 50.1 Å². The number of Topliss-reactive ketones (excluding diaryl/α,β-unsaturated/α-hetero) is 1. The summed E-state index contributed by atoms with van der Waals surface area (Å²) in [6, 6.07) is 11.2. The lowest BCUT2D eigenvalue weighted by Crippen LogP contribution is -2.42. The van der Waals surface area contributed by atoms with Gasteiger partial charge in [0.15, 0.2) is 11.5 Å². The first kappa shape index (κ1) is 17.6. The van der Waals surface area contributed by atoms with E-state index in [-0.39, 0.29) is 17.6 Å². The van der Waals surface area contributed by atoms with E-state index in [1.54, 1.807) is 40.6 Å². The molecule has 1 aliphatic heterocycles. The Kier molecular flexibility index (Phi) is 4.85. The van der Waals surface area contributed by atoms with Gasteiger partial charge >= 0.3 is 0 Å². The summed E-state index contributed by atoms with van der Waals surface area (Å²) in [4.78, 5) is 33.7. The van der Waals surface area contributed by atoms with E-state index in [9.17, 15) is 9.59 Å². The molecule has 1 saturated heterocycles. The second-order valence-corrected chi connectivity index (χ2v) is 8.03. The molecular formula is C20H20N4O2S. The van der Waals surface area contributed by atoms with E-state index >= 15 is 0 Å². The number of pyridine rings is 1. The van der Waals surface area contributed by atoms with Crippen molar-refractivity contribution in [2.45, 2.75) is 19.8 Å². The van der Waals surface area contributed by atoms with Crippen molar-refractivity contribution in [3.8, 4) is 10.6 Å². The summed E-state index contributed by atoms with van der Waals surface area (Å²) in [5, 5.41) is 7.15. The monoisotopic (exact) mass is 380 g/mol. The summed E-state index contributed by atoms with van der Waals surface area (Å²) >= 11 is 1.66. The molecule has 0 aliphatic carbocycles. The van der Waals surface area contributed by atoms with Crippen LogP contribution in [-0.4, -0.2) is 44.9 Å². The Morgan fingerprint density at radius 3 is 2.85 bits per heavy atom. The molecule has 138 valence electrons. The molecule has 1 N–H and O–H groups in total. The molecule has 3 aromatic heterocycles. The number of nitrogens with one attached hydrogen (secondary N) is 1. The molecule has 0 radical (unpaired) electrons. The normalized spacial score (nSPS) is 17.1. The van der Waals surface area contributed by atoms with Gasteiger partial charge in [0.1, 0.15) is 5.69 Å². The van der Waals surface area contributed by atoms with Gasteiger partial charge in [-0.2, -0.15) is 5.10 Å². The van der Waals surface area contributed by atoms with Crippen molar-refractivity contribution in [3.05, 3.63) is 58.9 Å². The van der Waals surface area contributed by atoms with Gasteiger partial charge in [-0.1, -0.05) is 6.07 Å². The van der Waals surface area contributed by atoms with Crippen LogP contribution in [0.1, 0.15) is 38.7 Å². The number of hydrogen-bond donors (Lipinski definition) is 1. The fourth-order valence-electron chi connectivity index (χ4n) is 3.39. The summed E-state index contributed by atoms with van der Waals surface area (Å²) in [5.41, 5.74) is 1.70. The van der Waals surface area contributed by atoms with Gasteiger partial charge in [0, 0.05) is 30.1 Å². The Morgan fingerprint density at radius 1 is 1.22 bits per heavy atom. The highest BCUT2D eigenvalue weighted by Crippen LogP contribution is 2.27. The second-order valence-electron chi connectivity index (χ2n) is 6.75. The number of H-pyrrole nitrogens is 1. The number of hydrogen-bond acceptors (Lipinski definition) is 5. The van der Waals surface area contributed by atoms with Gasteiger partial charge in [-0.15, -0.1) is 11.3 Å². The van der Waals surface area contributed by atoms with E-state index in [1.807, 2.05) is 25.1 Å². The lowest BCUT2D eigenvalue weighted by atomic mass is 9.91. The largest absolute Gasteiger partial charge is 0.337 e. The van der Waals surface area contributed by atoms with Gasteiger partial charge in [-0.25, -0.2) is 0 Å². The highest BCUT2D eigenvalue weighted by Gasteiger charge is 2.30. The fraction of sp³-hybridized carbons (Fsp3) is 0.300. The van der Waals surface area contributed by atoms with Gasteiger partial charge in [0.05, 0.1) is 10.6 Å². The van der Waals surface area contributed by atoms with Crippen LogP contribution in [0.5, 0.6) is 0 Å². The molecule has 0 bridgehead atoms. The Bertz CT molecular complexity index is 963. The zero-order chi connectivity index (χ0) is 18.8. The number of ketones is 1. The number of piperidine rings is 1. The molecular weight excluding hydrogens is 360 g/mol. The predicted octanol–water partition coefficient (Wildman–Crippen LogP) is 3.58. The lowest BCUT2D eigenvalue weighted by molar-refractivity contribution is 0.0630. The quantitative estimate of drug-likeness (QED) is 0.702. The van der Waals surface area contributed by atoms with Crippen LogP contribution in [-0.2, 0) is 0 Å². The number of nitrogens with zero attached hydrogens (tertiary/aromatic N) is 3. The third kappa shape index (κ3) is 3.68. The fourth-order valence-corrected chi connectivity index (χ4v) is 4.23. The number of amides is 1. The first-order chi connectivity index (χ1) is 13.1. The summed E-state index contributed by atoms with van der Waals surface area (Å²) in [6.45, 7) is 3.10. The molecule has 0 aromatic carbocycles. The maximum absolute atomic E-state index is 12.9. The third-order valence-electron chi connectivity index (χ3n) is 4.80. The molecule has 4 heterocycles. The van der Waals surface area contributed by atoms with Crippen LogP contribution < -0.4 is 0 Å². The smallest absolute Gasteiger partial charge is 0.274 e. The first-order valence-corrected chi connectivity index (χ1v) is 9.80. The lowest BCUT2D eigenvalue weighted by Gasteiger charge is -2.31. The zero-order valence-corrected chi connectivity index (χ0v) is 15.8. The number of thiophene rings is 1. The van der Waals surface area contributed by atoms with Crippen LogP contribution in [0, 0.1) is 12.8 Å². The topological polar surface area (TPSA) is 79.0 Å². The average molecular weight is 380 g/mol. The molecule has 0 saturated carbocycles. The molecule has 27 heavy (non-hydrogen) atoms. The number of carbonyl (C=O) groups is 2. The maximum Gasteiger partial charge on any atom is 0.274 e. The summed E-state index contributed by atoms with van der Waals surface area (Å²) in [7, 11) is 0. The van der Waals surface area contributed by atoms with Crippen molar-refractivity contribution in [2.75, 3.05) is 13.1 Å². The third-order valence-corrected chi connectivity index (χ3v) is 5.83. The highest BCUT2D eigenvalue weighted by atomic mass is 32.1. The first-order valence-electron chi connectivity index (χ1n) is 8.98. The molecule has 1 unspecified atom stereocenters. The van der Waals surface area contributed by atoms with E-state index in [0.29, 0.717) is 24.5 Å². The van der Waals surface area contributed by atoms with Gasteiger partial charge in [0.2, 0.25) is 0 Å². The van der Waals surface area contributed by atoms with E-state index in [4.69, 9.17) is 0 Å². The van der Waals surface area contributed by atoms with Crippen molar-refractivity contribution >= 4 is 23.0 Å². The number of likely N-dealkylation sites (tertiary alicyclic amines) is 1. The van der Waals surface area contributed by atoms with E-state index in [0.717, 1.165) is 23.4 Å². The minimum atomic E-state index is -0.212. The van der Waals surface area contributed by atoms with Gasteiger partial charge < -0.3 is 4.90 Å². The number of aryl methyl sites for hydroxylation is 1. The van der Waals surface area contributed by atoms with Crippen molar-refractivity contribution in [1.29, 1.82) is 0 Å². The second kappa shape index (κ2) is 7.44. The zero-order valence-electron chi connectivity index (χ0n) is 15.0. The molecule has 4 rings (SSSR count). The predicted molar refractivity (Wildman–Crippen MR) is 104 cm³/mol. The van der Waals surface area contributed by atoms with E-state index in [1.165, 1.54) is 4.88 Å². The SMILES string of the molecule is Cc1ccc(-c2cc(C(=O)N3CCCC(C(=O)c4ccccn4)C3)n[nH]2)s1. The average Bonchev–Trinajstić information content (AvgIpc) is 3.37. The Morgan fingerprint density at radius 2 is 2.11 bits per heavy atom. The van der Waals surface area contributed by atoms with Crippen molar-refractivity contribution in [3.63, 3.8) is 0 Å². The number of carbonyl (C=O) groups excluding carboxylic acids is 2. The molecule has 1 amide bonds. The Hall–Kier alpha value is -2.80. The Labute approximate surface area is 161 Å².